The van der Waals surface area contributed by atoms with Crippen molar-refractivity contribution in [2.45, 2.75) is 20.0 Å². The van der Waals surface area contributed by atoms with E-state index < -0.39 is 17.0 Å². The second kappa shape index (κ2) is 8.01. The van der Waals surface area contributed by atoms with Gasteiger partial charge in [-0.15, -0.1) is 0 Å². The molecule has 0 fully saturated rings. The predicted molar refractivity (Wildman–Crippen MR) is 93.2 cm³/mol. The molecule has 2 aromatic rings. The fourth-order valence-electron chi connectivity index (χ4n) is 2.09. The van der Waals surface area contributed by atoms with E-state index in [9.17, 15) is 19.7 Å². The van der Waals surface area contributed by atoms with Gasteiger partial charge >= 0.3 is 5.97 Å². The summed E-state index contributed by atoms with van der Waals surface area (Å²) in [5.41, 5.74) is 2.09. The number of aryl methyl sites for hydroxylation is 1. The molecule has 0 saturated heterocycles. The number of benzene rings is 2. The number of rotatable bonds is 6. The van der Waals surface area contributed by atoms with E-state index in [0.717, 1.165) is 5.56 Å². The van der Waals surface area contributed by atoms with Crippen LogP contribution in [0.1, 0.15) is 28.4 Å². The Morgan fingerprint density at radius 1 is 1.08 bits per heavy atom. The highest BCUT2D eigenvalue weighted by Crippen LogP contribution is 2.13. The van der Waals surface area contributed by atoms with Crippen LogP contribution in [0.15, 0.2) is 54.6 Å². The Hall–Kier alpha value is -3.28. The third-order valence-corrected chi connectivity index (χ3v) is 3.51. The van der Waals surface area contributed by atoms with Crippen molar-refractivity contribution in [3.8, 4) is 0 Å². The summed E-state index contributed by atoms with van der Waals surface area (Å²) in [6.07, 6.45) is 1.74. The van der Waals surface area contributed by atoms with Crippen LogP contribution < -0.4 is 0 Å². The smallest absolute Gasteiger partial charge is 0.331 e. The van der Waals surface area contributed by atoms with E-state index in [1.165, 1.54) is 43.3 Å². The van der Waals surface area contributed by atoms with Gasteiger partial charge in [0, 0.05) is 23.8 Å². The zero-order chi connectivity index (χ0) is 18.4. The van der Waals surface area contributed by atoms with Crippen molar-refractivity contribution in [2.24, 2.45) is 0 Å². The largest absolute Gasteiger partial charge is 0.451 e. The summed E-state index contributed by atoms with van der Waals surface area (Å²) < 4.78 is 5.10. The molecule has 0 N–H and O–H groups in total. The molecule has 0 spiro atoms. The monoisotopic (exact) mass is 339 g/mol. The van der Waals surface area contributed by atoms with Crippen molar-refractivity contribution < 1.29 is 19.2 Å². The molecule has 6 heteroatoms. The second-order valence-electron chi connectivity index (χ2n) is 5.49. The molecule has 0 aliphatic carbocycles. The molecule has 0 unspecified atom stereocenters. The zero-order valence-electron chi connectivity index (χ0n) is 13.8. The van der Waals surface area contributed by atoms with Crippen LogP contribution in [-0.4, -0.2) is 22.8 Å². The Balaban J connectivity index is 1.95. The summed E-state index contributed by atoms with van der Waals surface area (Å²) in [6, 6.07) is 12.7. The van der Waals surface area contributed by atoms with Crippen LogP contribution in [0, 0.1) is 17.0 Å². The summed E-state index contributed by atoms with van der Waals surface area (Å²) in [5, 5.41) is 10.6. The molecule has 0 aliphatic heterocycles. The minimum Gasteiger partial charge on any atom is -0.451 e. The van der Waals surface area contributed by atoms with Gasteiger partial charge in [0.1, 0.15) is 0 Å². The van der Waals surface area contributed by atoms with E-state index in [-0.39, 0.29) is 11.5 Å². The van der Waals surface area contributed by atoms with Gasteiger partial charge < -0.3 is 4.74 Å². The van der Waals surface area contributed by atoms with Crippen LogP contribution in [0.4, 0.5) is 5.69 Å². The first kappa shape index (κ1) is 18.1. The minimum absolute atomic E-state index is 0.0305. The quantitative estimate of drug-likeness (QED) is 0.263. The number of carbonyl (C=O) groups excluding carboxylic acids is 2. The fourth-order valence-corrected chi connectivity index (χ4v) is 2.09. The van der Waals surface area contributed by atoms with Crippen molar-refractivity contribution in [1.29, 1.82) is 0 Å². The molecule has 2 aromatic carbocycles. The number of nitro benzene ring substituents is 1. The maximum absolute atomic E-state index is 12.2. The van der Waals surface area contributed by atoms with Gasteiger partial charge in [0.2, 0.25) is 5.78 Å². The van der Waals surface area contributed by atoms with Crippen LogP contribution in [0.2, 0.25) is 0 Å². The van der Waals surface area contributed by atoms with Crippen LogP contribution >= 0.6 is 0 Å². The first-order valence-electron chi connectivity index (χ1n) is 7.61. The van der Waals surface area contributed by atoms with Crippen molar-refractivity contribution >= 4 is 23.5 Å². The fraction of sp³-hybridized carbons (Fsp3) is 0.158. The topological polar surface area (TPSA) is 86.5 Å². The van der Waals surface area contributed by atoms with Gasteiger partial charge in [-0.2, -0.15) is 0 Å². The van der Waals surface area contributed by atoms with Crippen molar-refractivity contribution in [2.75, 3.05) is 0 Å². The standard InChI is InChI=1S/C19H17NO5/c1-13-3-8-16(9-4-13)19(22)14(2)25-18(21)12-7-15-5-10-17(11-6-15)20(23)24/h3-12,14H,1-2H3/b12-7+/t14-/m1/s1. The average Bonchev–Trinajstić information content (AvgIpc) is 2.60. The maximum Gasteiger partial charge on any atom is 0.331 e. The normalized spacial score (nSPS) is 11.9. The summed E-state index contributed by atoms with van der Waals surface area (Å²) in [6.45, 7) is 3.43. The summed E-state index contributed by atoms with van der Waals surface area (Å²) in [5.74, 6) is -0.941. The molecular formula is C19H17NO5. The van der Waals surface area contributed by atoms with Gasteiger partial charge in [0.15, 0.2) is 6.10 Å². The molecular weight excluding hydrogens is 322 g/mol. The van der Waals surface area contributed by atoms with Gasteiger partial charge in [0.05, 0.1) is 4.92 Å². The number of hydrogen-bond acceptors (Lipinski definition) is 5. The third-order valence-electron chi connectivity index (χ3n) is 3.51. The lowest BCUT2D eigenvalue weighted by Gasteiger charge is -2.11. The number of ketones is 1. The zero-order valence-corrected chi connectivity index (χ0v) is 13.8. The number of Topliss-reactive ketones (excluding diaryl/α,β-unsaturated/α-hetero) is 1. The summed E-state index contributed by atoms with van der Waals surface area (Å²) in [7, 11) is 0. The van der Waals surface area contributed by atoms with E-state index >= 15 is 0 Å². The lowest BCUT2D eigenvalue weighted by Crippen LogP contribution is -2.23. The van der Waals surface area contributed by atoms with Gasteiger partial charge in [-0.3, -0.25) is 14.9 Å². The molecule has 0 heterocycles. The number of non-ortho nitro benzene ring substituents is 1. The molecule has 0 saturated carbocycles. The second-order valence-corrected chi connectivity index (χ2v) is 5.49. The van der Waals surface area contributed by atoms with Gasteiger partial charge in [0.25, 0.3) is 5.69 Å². The minimum atomic E-state index is -0.906. The molecule has 0 amide bonds. The Morgan fingerprint density at radius 2 is 1.68 bits per heavy atom. The predicted octanol–water partition coefficient (Wildman–Crippen LogP) is 3.73. The third kappa shape index (κ3) is 5.10. The Labute approximate surface area is 144 Å². The molecule has 25 heavy (non-hydrogen) atoms. The van der Waals surface area contributed by atoms with E-state index in [1.807, 2.05) is 19.1 Å². The molecule has 2 rings (SSSR count). The Kier molecular flexibility index (Phi) is 5.79. The van der Waals surface area contributed by atoms with E-state index in [4.69, 9.17) is 4.74 Å². The van der Waals surface area contributed by atoms with E-state index in [0.29, 0.717) is 11.1 Å². The highest BCUT2D eigenvalue weighted by atomic mass is 16.6. The van der Waals surface area contributed by atoms with Gasteiger partial charge in [-0.25, -0.2) is 4.79 Å². The highest BCUT2D eigenvalue weighted by molar-refractivity contribution is 6.01. The van der Waals surface area contributed by atoms with E-state index in [1.54, 1.807) is 12.1 Å². The maximum atomic E-state index is 12.2. The first-order chi connectivity index (χ1) is 11.9. The molecule has 0 aromatic heterocycles. The number of esters is 1. The molecule has 0 aliphatic rings. The van der Waals surface area contributed by atoms with Crippen LogP contribution in [-0.2, 0) is 9.53 Å². The SMILES string of the molecule is Cc1ccc(C(=O)[C@@H](C)OC(=O)/C=C/c2ccc([N+](=O)[O-])cc2)cc1. The molecule has 6 nitrogen and oxygen atoms in total. The number of nitrogens with zero attached hydrogens (tertiary/aromatic N) is 1. The number of nitro groups is 1. The van der Waals surface area contributed by atoms with Crippen LogP contribution in [0.5, 0.6) is 0 Å². The Morgan fingerprint density at radius 3 is 2.24 bits per heavy atom. The lowest BCUT2D eigenvalue weighted by atomic mass is 10.1. The Bertz CT molecular complexity index is 807. The van der Waals surface area contributed by atoms with Crippen LogP contribution in [0.25, 0.3) is 6.08 Å². The van der Waals surface area contributed by atoms with Crippen molar-refractivity contribution in [3.05, 3.63) is 81.4 Å². The van der Waals surface area contributed by atoms with Crippen molar-refractivity contribution in [3.63, 3.8) is 0 Å². The summed E-state index contributed by atoms with van der Waals surface area (Å²) in [4.78, 5) is 34.1. The summed E-state index contributed by atoms with van der Waals surface area (Å²) >= 11 is 0. The lowest BCUT2D eigenvalue weighted by molar-refractivity contribution is -0.384. The number of carbonyl (C=O) groups is 2. The van der Waals surface area contributed by atoms with Gasteiger partial charge in [-0.05, 0) is 37.6 Å². The van der Waals surface area contributed by atoms with Gasteiger partial charge in [-0.1, -0.05) is 29.8 Å². The van der Waals surface area contributed by atoms with Crippen molar-refractivity contribution in [1.82, 2.24) is 0 Å². The number of ether oxygens (including phenoxy) is 1. The molecule has 0 bridgehead atoms. The molecule has 128 valence electrons. The first-order valence-corrected chi connectivity index (χ1v) is 7.61. The molecule has 1 atom stereocenters. The van der Waals surface area contributed by atoms with E-state index in [2.05, 4.69) is 0 Å². The molecule has 0 radical (unpaired) electrons. The van der Waals surface area contributed by atoms with Crippen LogP contribution in [0.3, 0.4) is 0 Å². The number of hydrogen-bond donors (Lipinski definition) is 0. The highest BCUT2D eigenvalue weighted by Gasteiger charge is 2.18. The average molecular weight is 339 g/mol.